The number of nitrogens with two attached hydrogens (primary N) is 1. The molecule has 1 aromatic rings. The number of nitrogen functional groups attached to an aromatic ring is 1. The smallest absolute Gasteiger partial charge is 0.244 e. The number of nitrogens with one attached hydrogen (secondary N) is 1. The van der Waals surface area contributed by atoms with E-state index in [-0.39, 0.29) is 16.3 Å². The summed E-state index contributed by atoms with van der Waals surface area (Å²) in [5.41, 5.74) is 5.58. The molecule has 21 heavy (non-hydrogen) atoms. The molecule has 6 nitrogen and oxygen atoms in total. The molecule has 0 aromatic carbocycles. The van der Waals surface area contributed by atoms with E-state index >= 15 is 0 Å². The van der Waals surface area contributed by atoms with Gasteiger partial charge in [-0.05, 0) is 48.9 Å². The van der Waals surface area contributed by atoms with Gasteiger partial charge in [0, 0.05) is 22.8 Å². The maximum Gasteiger partial charge on any atom is 0.244 e. The van der Waals surface area contributed by atoms with Gasteiger partial charge in [-0.2, -0.15) is 0 Å². The number of anilines is 1. The van der Waals surface area contributed by atoms with Gasteiger partial charge in [-0.1, -0.05) is 12.8 Å². The number of halogens is 1. The minimum absolute atomic E-state index is 0.0102. The molecule has 2 rings (SSSR count). The monoisotopic (exact) mass is 376 g/mol. The molecule has 0 unspecified atom stereocenters. The van der Waals surface area contributed by atoms with Crippen molar-refractivity contribution in [1.82, 2.24) is 14.6 Å². The molecular formula is C13H21BrN4O2S. The minimum atomic E-state index is -3.67. The maximum atomic E-state index is 12.5. The van der Waals surface area contributed by atoms with E-state index < -0.39 is 10.0 Å². The Balaban J connectivity index is 2.20. The topological polar surface area (TPSA) is 88.3 Å². The van der Waals surface area contributed by atoms with Gasteiger partial charge in [0.2, 0.25) is 10.0 Å². The van der Waals surface area contributed by atoms with E-state index in [1.165, 1.54) is 12.3 Å². The van der Waals surface area contributed by atoms with Crippen LogP contribution in [0.25, 0.3) is 0 Å². The van der Waals surface area contributed by atoms with E-state index in [4.69, 9.17) is 5.73 Å². The van der Waals surface area contributed by atoms with Crippen LogP contribution in [0.3, 0.4) is 0 Å². The summed E-state index contributed by atoms with van der Waals surface area (Å²) in [7, 11) is 0.323. The lowest BCUT2D eigenvalue weighted by molar-refractivity contribution is 0.162. The van der Waals surface area contributed by atoms with Crippen molar-refractivity contribution in [3.8, 4) is 0 Å². The van der Waals surface area contributed by atoms with E-state index in [1.807, 2.05) is 14.1 Å². The number of sulfonamides is 1. The third-order valence-electron chi connectivity index (χ3n) is 4.21. The maximum absolute atomic E-state index is 12.5. The van der Waals surface area contributed by atoms with Crippen LogP contribution in [0.5, 0.6) is 0 Å². The highest BCUT2D eigenvalue weighted by atomic mass is 79.9. The van der Waals surface area contributed by atoms with Crippen LogP contribution in [0.1, 0.15) is 25.7 Å². The Bertz CT molecular complexity index is 613. The van der Waals surface area contributed by atoms with Crippen molar-refractivity contribution < 1.29 is 8.42 Å². The van der Waals surface area contributed by atoms with Crippen molar-refractivity contribution >= 4 is 31.8 Å². The Kier molecular flexibility index (Phi) is 4.92. The van der Waals surface area contributed by atoms with Gasteiger partial charge >= 0.3 is 0 Å². The zero-order chi connectivity index (χ0) is 15.7. The highest BCUT2D eigenvalue weighted by Crippen LogP contribution is 2.33. The first-order chi connectivity index (χ1) is 9.77. The van der Waals surface area contributed by atoms with Crippen molar-refractivity contribution in [2.75, 3.05) is 26.4 Å². The second kappa shape index (κ2) is 6.20. The van der Waals surface area contributed by atoms with E-state index in [9.17, 15) is 8.42 Å². The molecular weight excluding hydrogens is 356 g/mol. The molecule has 0 amide bonds. The van der Waals surface area contributed by atoms with Crippen molar-refractivity contribution in [2.45, 2.75) is 36.1 Å². The predicted octanol–water partition coefficient (Wildman–Crippen LogP) is 1.58. The van der Waals surface area contributed by atoms with Gasteiger partial charge in [0.15, 0.2) is 0 Å². The lowest BCUT2D eigenvalue weighted by atomic mass is 9.97. The minimum Gasteiger partial charge on any atom is -0.383 e. The lowest BCUT2D eigenvalue weighted by Gasteiger charge is -2.36. The lowest BCUT2D eigenvalue weighted by Crippen LogP contribution is -2.50. The molecule has 1 aromatic heterocycles. The highest BCUT2D eigenvalue weighted by molar-refractivity contribution is 9.10. The van der Waals surface area contributed by atoms with Crippen LogP contribution >= 0.6 is 15.9 Å². The molecule has 1 aliphatic carbocycles. The zero-order valence-corrected chi connectivity index (χ0v) is 14.7. The fourth-order valence-electron chi connectivity index (χ4n) is 2.77. The number of hydrogen-bond donors (Lipinski definition) is 2. The van der Waals surface area contributed by atoms with Crippen molar-refractivity contribution in [3.63, 3.8) is 0 Å². The molecule has 1 fully saturated rings. The van der Waals surface area contributed by atoms with Crippen molar-refractivity contribution in [2.24, 2.45) is 0 Å². The Morgan fingerprint density at radius 2 is 2.05 bits per heavy atom. The summed E-state index contributed by atoms with van der Waals surface area (Å²) >= 11 is 3.22. The van der Waals surface area contributed by atoms with Crippen LogP contribution in [-0.2, 0) is 10.0 Å². The molecule has 0 aliphatic heterocycles. The first kappa shape index (κ1) is 16.7. The van der Waals surface area contributed by atoms with Gasteiger partial charge < -0.3 is 10.6 Å². The second-order valence-electron chi connectivity index (χ2n) is 5.69. The van der Waals surface area contributed by atoms with Gasteiger partial charge in [0.1, 0.15) is 10.7 Å². The van der Waals surface area contributed by atoms with Gasteiger partial charge in [-0.25, -0.2) is 18.1 Å². The first-order valence-corrected chi connectivity index (χ1v) is 9.13. The van der Waals surface area contributed by atoms with Crippen LogP contribution in [0.2, 0.25) is 0 Å². The standard InChI is InChI=1S/C13H21BrN4O2S/c1-18(2)13(5-3-4-6-13)9-17-21(19,20)11-7-10(14)8-16-12(11)15/h7-8,17H,3-6,9H2,1-2H3,(H2,15,16). The summed E-state index contributed by atoms with van der Waals surface area (Å²) < 4.78 is 28.2. The summed E-state index contributed by atoms with van der Waals surface area (Å²) in [5.74, 6) is 0.0102. The van der Waals surface area contributed by atoms with Crippen LogP contribution in [-0.4, -0.2) is 44.5 Å². The quantitative estimate of drug-likeness (QED) is 0.814. The molecule has 1 aliphatic rings. The molecule has 0 saturated heterocycles. The van der Waals surface area contributed by atoms with Crippen LogP contribution < -0.4 is 10.5 Å². The number of likely N-dealkylation sites (N-methyl/N-ethyl adjacent to an activating group) is 1. The normalized spacial score (nSPS) is 18.3. The average Bonchev–Trinajstić information content (AvgIpc) is 2.89. The number of aromatic nitrogens is 1. The van der Waals surface area contributed by atoms with Gasteiger partial charge in [0.25, 0.3) is 0 Å². The van der Waals surface area contributed by atoms with Crippen LogP contribution in [0.4, 0.5) is 5.82 Å². The summed E-state index contributed by atoms with van der Waals surface area (Å²) in [6, 6.07) is 1.47. The summed E-state index contributed by atoms with van der Waals surface area (Å²) in [5, 5.41) is 0. The van der Waals surface area contributed by atoms with Crippen LogP contribution in [0.15, 0.2) is 21.6 Å². The molecule has 3 N–H and O–H groups in total. The van der Waals surface area contributed by atoms with E-state index in [2.05, 4.69) is 30.5 Å². The van der Waals surface area contributed by atoms with Crippen LogP contribution in [0, 0.1) is 0 Å². The van der Waals surface area contributed by atoms with Crippen molar-refractivity contribution in [3.05, 3.63) is 16.7 Å². The van der Waals surface area contributed by atoms with Crippen molar-refractivity contribution in [1.29, 1.82) is 0 Å². The Labute approximate surface area is 134 Å². The SMILES string of the molecule is CN(C)C1(CNS(=O)(=O)c2cc(Br)cnc2N)CCCC1. The molecule has 1 saturated carbocycles. The Morgan fingerprint density at radius 3 is 2.62 bits per heavy atom. The molecule has 1 heterocycles. The highest BCUT2D eigenvalue weighted by Gasteiger charge is 2.37. The molecule has 0 bridgehead atoms. The van der Waals surface area contributed by atoms with Gasteiger partial charge in [-0.3, -0.25) is 0 Å². The largest absolute Gasteiger partial charge is 0.383 e. The second-order valence-corrected chi connectivity index (χ2v) is 8.34. The molecule has 8 heteroatoms. The number of hydrogen-bond acceptors (Lipinski definition) is 5. The number of rotatable bonds is 5. The average molecular weight is 377 g/mol. The van der Waals surface area contributed by atoms with E-state index in [0.29, 0.717) is 11.0 Å². The molecule has 118 valence electrons. The number of pyridine rings is 1. The fraction of sp³-hybridized carbons (Fsp3) is 0.615. The third-order valence-corrected chi connectivity index (χ3v) is 6.08. The zero-order valence-electron chi connectivity index (χ0n) is 12.3. The predicted molar refractivity (Wildman–Crippen MR) is 86.4 cm³/mol. The summed E-state index contributed by atoms with van der Waals surface area (Å²) in [4.78, 5) is 6.01. The van der Waals surface area contributed by atoms with Gasteiger partial charge in [-0.15, -0.1) is 0 Å². The summed E-state index contributed by atoms with van der Waals surface area (Å²) in [6.45, 7) is 0.383. The molecule has 0 radical (unpaired) electrons. The van der Waals surface area contributed by atoms with Gasteiger partial charge in [0.05, 0.1) is 0 Å². The third kappa shape index (κ3) is 3.56. The Hall–Kier alpha value is -0.700. The first-order valence-electron chi connectivity index (χ1n) is 6.85. The summed E-state index contributed by atoms with van der Waals surface area (Å²) in [6.07, 6.45) is 5.72. The number of nitrogens with zero attached hydrogens (tertiary/aromatic N) is 2. The Morgan fingerprint density at radius 1 is 1.43 bits per heavy atom. The molecule has 0 atom stereocenters. The van der Waals surface area contributed by atoms with E-state index in [0.717, 1.165) is 25.7 Å². The fourth-order valence-corrected chi connectivity index (χ4v) is 4.48. The molecule has 0 spiro atoms. The van der Waals surface area contributed by atoms with E-state index in [1.54, 1.807) is 0 Å².